The molecule has 0 radical (unpaired) electrons. The average Bonchev–Trinajstić information content (AvgIpc) is 3.21. The Kier molecular flexibility index (Phi) is 7.39. The van der Waals surface area contributed by atoms with Crippen LogP contribution in [0.5, 0.6) is 5.75 Å². The fourth-order valence-electron chi connectivity index (χ4n) is 4.18. The monoisotopic (exact) mass is 437 g/mol. The number of rotatable bonds is 8. The third-order valence-corrected chi connectivity index (χ3v) is 5.99. The van der Waals surface area contributed by atoms with Gasteiger partial charge in [-0.15, -0.1) is 0 Å². The van der Waals surface area contributed by atoms with Crippen LogP contribution in [-0.2, 0) is 20.7 Å². The van der Waals surface area contributed by atoms with Gasteiger partial charge in [0.2, 0.25) is 11.8 Å². The molecule has 1 atom stereocenters. The number of carbonyl (C=O) groups is 2. The Bertz CT molecular complexity index is 925. The van der Waals surface area contributed by atoms with Crippen LogP contribution in [0.3, 0.4) is 0 Å². The first-order valence-electron chi connectivity index (χ1n) is 11.4. The van der Waals surface area contributed by atoms with Crippen molar-refractivity contribution in [2.24, 2.45) is 5.92 Å². The van der Waals surface area contributed by atoms with Crippen LogP contribution in [0.4, 0.5) is 11.4 Å². The second-order valence-corrected chi connectivity index (χ2v) is 8.20. The minimum absolute atomic E-state index is 0.0595. The lowest BCUT2D eigenvalue weighted by molar-refractivity contribution is -0.122. The summed E-state index contributed by atoms with van der Waals surface area (Å²) in [6, 6.07) is 15.4. The third-order valence-electron chi connectivity index (χ3n) is 5.99. The first kappa shape index (κ1) is 22.3. The highest BCUT2D eigenvalue weighted by Gasteiger charge is 2.36. The molecule has 2 heterocycles. The molecule has 0 saturated carbocycles. The number of anilines is 2. The zero-order valence-electron chi connectivity index (χ0n) is 18.6. The molecule has 0 spiro atoms. The van der Waals surface area contributed by atoms with Crippen LogP contribution in [0.25, 0.3) is 0 Å². The molecular weight excluding hydrogens is 406 g/mol. The Morgan fingerprint density at radius 2 is 1.88 bits per heavy atom. The van der Waals surface area contributed by atoms with E-state index in [9.17, 15) is 9.59 Å². The zero-order chi connectivity index (χ0) is 22.3. The maximum atomic E-state index is 12.8. The number of hydrogen-bond acceptors (Lipinski definition) is 5. The Morgan fingerprint density at radius 3 is 2.62 bits per heavy atom. The van der Waals surface area contributed by atoms with E-state index in [0.29, 0.717) is 18.9 Å². The van der Waals surface area contributed by atoms with Gasteiger partial charge in [-0.3, -0.25) is 14.5 Å². The molecular formula is C25H31N3O4. The predicted molar refractivity (Wildman–Crippen MR) is 124 cm³/mol. The van der Waals surface area contributed by atoms with E-state index < -0.39 is 5.92 Å². The van der Waals surface area contributed by atoms with Crippen molar-refractivity contribution in [2.45, 2.75) is 19.8 Å². The fraction of sp³-hybridized carbons (Fsp3) is 0.440. The summed E-state index contributed by atoms with van der Waals surface area (Å²) in [4.78, 5) is 29.5. The summed E-state index contributed by atoms with van der Waals surface area (Å²) in [5.74, 6) is 0.0850. The second kappa shape index (κ2) is 10.6. The van der Waals surface area contributed by atoms with Gasteiger partial charge in [0.25, 0.3) is 0 Å². The van der Waals surface area contributed by atoms with E-state index in [4.69, 9.17) is 9.47 Å². The number of hydrogen-bond donors (Lipinski definition) is 1. The van der Waals surface area contributed by atoms with Crippen LogP contribution in [0.2, 0.25) is 0 Å². The van der Waals surface area contributed by atoms with E-state index >= 15 is 0 Å². The first-order chi connectivity index (χ1) is 15.6. The highest BCUT2D eigenvalue weighted by atomic mass is 16.5. The molecule has 2 aliphatic rings. The second-order valence-electron chi connectivity index (χ2n) is 8.20. The van der Waals surface area contributed by atoms with E-state index in [0.717, 1.165) is 50.6 Å². The number of nitrogens with one attached hydrogen (secondary N) is 1. The molecule has 1 unspecified atom stereocenters. The van der Waals surface area contributed by atoms with Gasteiger partial charge >= 0.3 is 0 Å². The van der Waals surface area contributed by atoms with Crippen LogP contribution in [0.15, 0.2) is 48.5 Å². The molecule has 7 nitrogen and oxygen atoms in total. The lowest BCUT2D eigenvalue weighted by Crippen LogP contribution is -2.37. The summed E-state index contributed by atoms with van der Waals surface area (Å²) >= 11 is 0. The van der Waals surface area contributed by atoms with E-state index in [-0.39, 0.29) is 18.2 Å². The maximum Gasteiger partial charge on any atom is 0.229 e. The number of ether oxygens (including phenoxy) is 2. The quantitative estimate of drug-likeness (QED) is 0.688. The van der Waals surface area contributed by atoms with Crippen molar-refractivity contribution >= 4 is 23.2 Å². The smallest absolute Gasteiger partial charge is 0.229 e. The molecule has 0 aromatic heterocycles. The van der Waals surface area contributed by atoms with Gasteiger partial charge in [0.05, 0.1) is 31.4 Å². The molecule has 1 N–H and O–H groups in total. The molecule has 2 saturated heterocycles. The minimum Gasteiger partial charge on any atom is -0.492 e. The Balaban J connectivity index is 1.31. The van der Waals surface area contributed by atoms with Crippen molar-refractivity contribution < 1.29 is 19.1 Å². The lowest BCUT2D eigenvalue weighted by Gasteiger charge is -2.26. The summed E-state index contributed by atoms with van der Waals surface area (Å²) in [5.41, 5.74) is 2.72. The van der Waals surface area contributed by atoms with Gasteiger partial charge in [-0.2, -0.15) is 0 Å². The molecule has 170 valence electrons. The summed E-state index contributed by atoms with van der Waals surface area (Å²) in [5, 5.41) is 2.97. The number of amides is 2. The molecule has 4 rings (SSSR count). The summed E-state index contributed by atoms with van der Waals surface area (Å²) in [7, 11) is 0. The highest BCUT2D eigenvalue weighted by molar-refractivity contribution is 6.04. The summed E-state index contributed by atoms with van der Waals surface area (Å²) in [6.45, 7) is 7.38. The van der Waals surface area contributed by atoms with E-state index in [2.05, 4.69) is 22.3 Å². The largest absolute Gasteiger partial charge is 0.492 e. The van der Waals surface area contributed by atoms with Gasteiger partial charge in [-0.05, 0) is 43.2 Å². The van der Waals surface area contributed by atoms with Gasteiger partial charge in [-0.25, -0.2) is 0 Å². The van der Waals surface area contributed by atoms with Gasteiger partial charge in [0, 0.05) is 38.3 Å². The van der Waals surface area contributed by atoms with Gasteiger partial charge < -0.3 is 19.7 Å². The SMILES string of the molecule is CCOc1ccccc1N1CC(C(=O)Nc2ccc(CCN3CCOCC3)cc2)CC1=O. The minimum atomic E-state index is -0.391. The highest BCUT2D eigenvalue weighted by Crippen LogP contribution is 2.33. The fourth-order valence-corrected chi connectivity index (χ4v) is 4.18. The Labute approximate surface area is 189 Å². The Hall–Kier alpha value is -2.90. The maximum absolute atomic E-state index is 12.8. The number of benzene rings is 2. The van der Waals surface area contributed by atoms with E-state index in [1.807, 2.05) is 43.3 Å². The van der Waals surface area contributed by atoms with Gasteiger partial charge in [0.15, 0.2) is 0 Å². The van der Waals surface area contributed by atoms with Crippen LogP contribution in [0, 0.1) is 5.92 Å². The van der Waals surface area contributed by atoms with Crippen molar-refractivity contribution in [3.8, 4) is 5.75 Å². The lowest BCUT2D eigenvalue weighted by atomic mass is 10.1. The van der Waals surface area contributed by atoms with Crippen molar-refractivity contribution in [2.75, 3.05) is 56.2 Å². The molecule has 2 aromatic carbocycles. The summed E-state index contributed by atoms with van der Waals surface area (Å²) < 4.78 is 11.0. The molecule has 2 aliphatic heterocycles. The van der Waals surface area contributed by atoms with Gasteiger partial charge in [0.1, 0.15) is 5.75 Å². The van der Waals surface area contributed by atoms with Crippen LogP contribution >= 0.6 is 0 Å². The van der Waals surface area contributed by atoms with E-state index in [1.54, 1.807) is 4.90 Å². The number of morpholine rings is 1. The third kappa shape index (κ3) is 5.47. The van der Waals surface area contributed by atoms with Crippen molar-refractivity contribution in [3.05, 3.63) is 54.1 Å². The molecule has 7 heteroatoms. The zero-order valence-corrected chi connectivity index (χ0v) is 18.6. The van der Waals surface area contributed by atoms with Crippen LogP contribution in [0.1, 0.15) is 18.9 Å². The van der Waals surface area contributed by atoms with Crippen LogP contribution in [-0.4, -0.2) is 62.7 Å². The molecule has 0 bridgehead atoms. The van der Waals surface area contributed by atoms with Gasteiger partial charge in [-0.1, -0.05) is 24.3 Å². The number of carbonyl (C=O) groups excluding carboxylic acids is 2. The van der Waals surface area contributed by atoms with E-state index in [1.165, 1.54) is 5.56 Å². The first-order valence-corrected chi connectivity index (χ1v) is 11.4. The molecule has 32 heavy (non-hydrogen) atoms. The standard InChI is InChI=1S/C25H31N3O4/c1-2-32-23-6-4-3-5-22(23)28-18-20(17-24(28)29)25(30)26-21-9-7-19(8-10-21)11-12-27-13-15-31-16-14-27/h3-10,20H,2,11-18H2,1H3,(H,26,30). The predicted octanol–water partition coefficient (Wildman–Crippen LogP) is 2.95. The van der Waals surface area contributed by atoms with Crippen LogP contribution < -0.4 is 15.0 Å². The van der Waals surface area contributed by atoms with Crippen molar-refractivity contribution in [3.63, 3.8) is 0 Å². The normalized spacial score (nSPS) is 19.2. The average molecular weight is 438 g/mol. The van der Waals surface area contributed by atoms with Crippen molar-refractivity contribution in [1.29, 1.82) is 0 Å². The molecule has 2 amide bonds. The number of para-hydroxylation sites is 2. The summed E-state index contributed by atoms with van der Waals surface area (Å²) in [6.07, 6.45) is 1.17. The topological polar surface area (TPSA) is 71.1 Å². The molecule has 0 aliphatic carbocycles. The Morgan fingerprint density at radius 1 is 1.12 bits per heavy atom. The molecule has 2 aromatic rings. The molecule has 2 fully saturated rings. The number of nitrogens with zero attached hydrogens (tertiary/aromatic N) is 2. The van der Waals surface area contributed by atoms with Crippen molar-refractivity contribution in [1.82, 2.24) is 4.90 Å².